The zero-order valence-corrected chi connectivity index (χ0v) is 9.55. The summed E-state index contributed by atoms with van der Waals surface area (Å²) < 4.78 is 5.12. The van der Waals surface area contributed by atoms with Crippen molar-refractivity contribution in [3.05, 3.63) is 42.1 Å². The van der Waals surface area contributed by atoms with Crippen LogP contribution in [0, 0.1) is 0 Å². The van der Waals surface area contributed by atoms with E-state index >= 15 is 0 Å². The van der Waals surface area contributed by atoms with Gasteiger partial charge < -0.3 is 4.74 Å². The van der Waals surface area contributed by atoms with Gasteiger partial charge in [-0.1, -0.05) is 32.1 Å². The number of hydrogen-bond donors (Lipinski definition) is 0. The number of unbranched alkanes of at least 4 members (excludes halogenated alkanes) is 1. The first-order valence-corrected chi connectivity index (χ1v) is 5.35. The number of benzene rings is 1. The summed E-state index contributed by atoms with van der Waals surface area (Å²) in [6.45, 7) is 5.93. The lowest BCUT2D eigenvalue weighted by Gasteiger charge is -2.05. The average Bonchev–Trinajstić information content (AvgIpc) is 2.31. The fourth-order valence-corrected chi connectivity index (χ4v) is 1.48. The highest BCUT2D eigenvalue weighted by Crippen LogP contribution is 2.21. The molecule has 1 rings (SSSR count). The molecule has 0 aliphatic rings. The number of hydrogen-bond acceptors (Lipinski definition) is 1. The Bertz CT molecular complexity index is 342. The fourth-order valence-electron chi connectivity index (χ4n) is 1.48. The molecule has 0 saturated heterocycles. The van der Waals surface area contributed by atoms with Crippen LogP contribution in [-0.2, 0) is 0 Å². The van der Waals surface area contributed by atoms with Crippen LogP contribution in [0.25, 0.3) is 5.57 Å². The van der Waals surface area contributed by atoms with E-state index in [1.54, 1.807) is 7.11 Å². The highest BCUT2D eigenvalue weighted by molar-refractivity contribution is 5.65. The van der Waals surface area contributed by atoms with Crippen LogP contribution in [0.4, 0.5) is 0 Å². The van der Waals surface area contributed by atoms with E-state index in [0.29, 0.717) is 0 Å². The number of allylic oxidation sites excluding steroid dienone is 1. The van der Waals surface area contributed by atoms with Gasteiger partial charge in [-0.15, -0.1) is 5.73 Å². The molecule has 0 aliphatic heterocycles. The summed E-state index contributed by atoms with van der Waals surface area (Å²) in [5, 5.41) is 0. The van der Waals surface area contributed by atoms with Crippen molar-refractivity contribution in [3.8, 4) is 5.75 Å². The Morgan fingerprint density at radius 2 is 2.00 bits per heavy atom. The molecule has 0 spiro atoms. The summed E-state index contributed by atoms with van der Waals surface area (Å²) >= 11 is 0. The van der Waals surface area contributed by atoms with Crippen molar-refractivity contribution in [2.45, 2.75) is 26.2 Å². The smallest absolute Gasteiger partial charge is 0.118 e. The summed E-state index contributed by atoms with van der Waals surface area (Å²) in [4.78, 5) is 0. The zero-order chi connectivity index (χ0) is 11.1. The van der Waals surface area contributed by atoms with Gasteiger partial charge in [-0.05, 0) is 30.5 Å². The molecule has 0 atom stereocenters. The van der Waals surface area contributed by atoms with Crippen LogP contribution in [0.2, 0.25) is 0 Å². The minimum absolute atomic E-state index is 0.887. The lowest BCUT2D eigenvalue weighted by Crippen LogP contribution is -1.86. The van der Waals surface area contributed by atoms with Gasteiger partial charge in [0.1, 0.15) is 5.75 Å². The largest absolute Gasteiger partial charge is 0.497 e. The van der Waals surface area contributed by atoms with Gasteiger partial charge in [0, 0.05) is 5.57 Å². The van der Waals surface area contributed by atoms with Crippen molar-refractivity contribution in [1.82, 2.24) is 0 Å². The highest BCUT2D eigenvalue weighted by Gasteiger charge is 2.00. The van der Waals surface area contributed by atoms with Gasteiger partial charge >= 0.3 is 0 Å². The molecule has 0 unspecified atom stereocenters. The molecule has 0 saturated carbocycles. The van der Waals surface area contributed by atoms with Gasteiger partial charge in [0.05, 0.1) is 7.11 Å². The van der Waals surface area contributed by atoms with E-state index in [-0.39, 0.29) is 0 Å². The van der Waals surface area contributed by atoms with E-state index in [1.807, 2.05) is 12.1 Å². The number of rotatable bonds is 5. The second-order valence-corrected chi connectivity index (χ2v) is 3.49. The summed E-state index contributed by atoms with van der Waals surface area (Å²) in [5.74, 6) is 0.887. The Hall–Kier alpha value is -1.46. The van der Waals surface area contributed by atoms with Crippen LogP contribution in [0.3, 0.4) is 0 Å². The summed E-state index contributed by atoms with van der Waals surface area (Å²) in [5.41, 5.74) is 5.40. The predicted molar refractivity (Wildman–Crippen MR) is 65.1 cm³/mol. The molecule has 1 heteroatoms. The Labute approximate surface area is 92.1 Å². The minimum atomic E-state index is 0.887. The van der Waals surface area contributed by atoms with Gasteiger partial charge in [-0.3, -0.25) is 0 Å². The predicted octanol–water partition coefficient (Wildman–Crippen LogP) is 4.05. The van der Waals surface area contributed by atoms with Crippen molar-refractivity contribution in [3.63, 3.8) is 0 Å². The van der Waals surface area contributed by atoms with Crippen LogP contribution in [0.1, 0.15) is 31.7 Å². The van der Waals surface area contributed by atoms with Gasteiger partial charge in [0.25, 0.3) is 0 Å². The first kappa shape index (κ1) is 11.6. The summed E-state index contributed by atoms with van der Waals surface area (Å²) in [6.07, 6.45) is 3.43. The molecule has 0 fully saturated rings. The standard InChI is InChI=1S/C14H18O/c1-4-6-7-12(5-2)13-8-10-14(15-3)11-9-13/h8-11H,2,4,6-7H2,1,3H3. The van der Waals surface area contributed by atoms with Gasteiger partial charge in [-0.25, -0.2) is 0 Å². The molecule has 0 heterocycles. The molecule has 1 aromatic carbocycles. The van der Waals surface area contributed by atoms with E-state index in [9.17, 15) is 0 Å². The van der Waals surface area contributed by atoms with E-state index in [2.05, 4.69) is 31.4 Å². The van der Waals surface area contributed by atoms with Crippen LogP contribution >= 0.6 is 0 Å². The number of ether oxygens (including phenoxy) is 1. The Morgan fingerprint density at radius 1 is 1.33 bits per heavy atom. The second-order valence-electron chi connectivity index (χ2n) is 3.49. The average molecular weight is 202 g/mol. The molecule has 0 bridgehead atoms. The second kappa shape index (κ2) is 6.10. The zero-order valence-electron chi connectivity index (χ0n) is 9.55. The maximum atomic E-state index is 5.12. The van der Waals surface area contributed by atoms with E-state index in [1.165, 1.54) is 24.0 Å². The Kier molecular flexibility index (Phi) is 4.73. The summed E-state index contributed by atoms with van der Waals surface area (Å²) in [6, 6.07) is 8.06. The van der Waals surface area contributed by atoms with Gasteiger partial charge in [0.2, 0.25) is 0 Å². The van der Waals surface area contributed by atoms with Crippen molar-refractivity contribution in [1.29, 1.82) is 0 Å². The van der Waals surface area contributed by atoms with Crippen molar-refractivity contribution < 1.29 is 4.74 Å². The lowest BCUT2D eigenvalue weighted by molar-refractivity contribution is 0.415. The summed E-state index contributed by atoms with van der Waals surface area (Å²) in [7, 11) is 1.68. The molecule has 80 valence electrons. The molecular formula is C14H18O. The monoisotopic (exact) mass is 202 g/mol. The topological polar surface area (TPSA) is 9.23 Å². The van der Waals surface area contributed by atoms with E-state index in [0.717, 1.165) is 12.2 Å². The van der Waals surface area contributed by atoms with Crippen LogP contribution in [-0.4, -0.2) is 7.11 Å². The molecule has 0 N–H and O–H groups in total. The van der Waals surface area contributed by atoms with Crippen molar-refractivity contribution in [2.24, 2.45) is 0 Å². The molecule has 1 nitrogen and oxygen atoms in total. The highest BCUT2D eigenvalue weighted by atomic mass is 16.5. The van der Waals surface area contributed by atoms with Gasteiger partial charge in [0.15, 0.2) is 0 Å². The molecule has 0 amide bonds. The minimum Gasteiger partial charge on any atom is -0.497 e. The first-order valence-electron chi connectivity index (χ1n) is 5.35. The molecule has 0 aliphatic carbocycles. The third-order valence-corrected chi connectivity index (χ3v) is 2.43. The SMILES string of the molecule is C=C=C(CCCC)c1ccc(OC)cc1. The molecule has 15 heavy (non-hydrogen) atoms. The molecule has 0 radical (unpaired) electrons. The third-order valence-electron chi connectivity index (χ3n) is 2.43. The number of methoxy groups -OCH3 is 1. The van der Waals surface area contributed by atoms with Crippen LogP contribution in [0.5, 0.6) is 5.75 Å². The fraction of sp³-hybridized carbons (Fsp3) is 0.357. The lowest BCUT2D eigenvalue weighted by atomic mass is 10.0. The Balaban J connectivity index is 2.79. The first-order chi connectivity index (χ1) is 7.31. The molecule has 0 aromatic heterocycles. The maximum absolute atomic E-state index is 5.12. The Morgan fingerprint density at radius 3 is 2.47 bits per heavy atom. The van der Waals surface area contributed by atoms with Crippen LogP contribution < -0.4 is 4.74 Å². The van der Waals surface area contributed by atoms with Crippen LogP contribution in [0.15, 0.2) is 36.6 Å². The molecular weight excluding hydrogens is 184 g/mol. The van der Waals surface area contributed by atoms with Gasteiger partial charge in [-0.2, -0.15) is 0 Å². The van der Waals surface area contributed by atoms with Crippen molar-refractivity contribution >= 4 is 5.57 Å². The quantitative estimate of drug-likeness (QED) is 0.654. The van der Waals surface area contributed by atoms with Crippen molar-refractivity contribution in [2.75, 3.05) is 7.11 Å². The third kappa shape index (κ3) is 3.30. The normalized spacial score (nSPS) is 9.47. The molecule has 1 aromatic rings. The van der Waals surface area contributed by atoms with E-state index < -0.39 is 0 Å². The maximum Gasteiger partial charge on any atom is 0.118 e. The van der Waals surface area contributed by atoms with E-state index in [4.69, 9.17) is 4.74 Å².